The van der Waals surface area contributed by atoms with E-state index in [0.717, 1.165) is 79.0 Å². The molecule has 9 nitrogen and oxygen atoms in total. The molecule has 1 saturated carbocycles. The van der Waals surface area contributed by atoms with Crippen LogP contribution in [0.5, 0.6) is 11.5 Å². The van der Waals surface area contributed by atoms with Gasteiger partial charge in [-0.1, -0.05) is 55.7 Å². The summed E-state index contributed by atoms with van der Waals surface area (Å²) in [6.45, 7) is -2.95. The first-order valence-electron chi connectivity index (χ1n) is 16.2. The van der Waals surface area contributed by atoms with Gasteiger partial charge in [-0.15, -0.1) is 13.2 Å². The summed E-state index contributed by atoms with van der Waals surface area (Å²) in [4.78, 5) is 24.2. The monoisotopic (exact) mass is 786 g/mol. The molecule has 4 aromatic rings. The maximum absolute atomic E-state index is 15.0. The van der Waals surface area contributed by atoms with Crippen LogP contribution in [0.25, 0.3) is 0 Å². The second-order valence-corrected chi connectivity index (χ2v) is 14.3. The summed E-state index contributed by atoms with van der Waals surface area (Å²) in [6, 6.07) is 13.4. The van der Waals surface area contributed by atoms with Crippen LogP contribution in [0.2, 0.25) is 0 Å². The zero-order valence-corrected chi connectivity index (χ0v) is 28.7. The van der Waals surface area contributed by atoms with E-state index in [9.17, 15) is 63.3 Å². The molecule has 0 saturated heterocycles. The first-order valence-corrected chi connectivity index (χ1v) is 17.6. The average molecular weight is 787 g/mol. The lowest BCUT2D eigenvalue weighted by Gasteiger charge is -2.28. The highest BCUT2D eigenvalue weighted by atomic mass is 32.2. The van der Waals surface area contributed by atoms with E-state index < -0.39 is 92.4 Å². The molecule has 0 spiro atoms. The molecule has 1 fully saturated rings. The lowest BCUT2D eigenvalue weighted by atomic mass is 9.84. The zero-order valence-electron chi connectivity index (χ0n) is 27.8. The molecule has 0 unspecified atom stereocenters. The number of phenols is 1. The van der Waals surface area contributed by atoms with Crippen LogP contribution in [0.15, 0.2) is 71.6 Å². The third kappa shape index (κ3) is 8.93. The summed E-state index contributed by atoms with van der Waals surface area (Å²) in [6.07, 6.45) is -0.0473. The molecule has 0 heterocycles. The molecule has 0 atom stereocenters. The van der Waals surface area contributed by atoms with E-state index in [0.29, 0.717) is 17.5 Å². The number of carboxylic acids is 1. The Morgan fingerprint density at radius 2 is 1.39 bits per heavy atom. The third-order valence-electron chi connectivity index (χ3n) is 8.79. The van der Waals surface area contributed by atoms with Crippen LogP contribution in [0.4, 0.5) is 40.8 Å². The van der Waals surface area contributed by atoms with E-state index in [1.165, 1.54) is 0 Å². The fourth-order valence-electron chi connectivity index (χ4n) is 6.15. The second kappa shape index (κ2) is 16.0. The molecule has 288 valence electrons. The lowest BCUT2D eigenvalue weighted by molar-refractivity contribution is -0.274. The van der Waals surface area contributed by atoms with Gasteiger partial charge in [0.25, 0.3) is 0 Å². The lowest BCUT2D eigenvalue weighted by Crippen LogP contribution is -2.43. The molecule has 0 aromatic heterocycles. The van der Waals surface area contributed by atoms with Crippen LogP contribution in [-0.2, 0) is 27.9 Å². The summed E-state index contributed by atoms with van der Waals surface area (Å²) in [5, 5.41) is 19.8. The standard InChI is InChI=1S/C36H30F8N2O7S/c37-29-30(38)32(40)34(33(41)31(29)39)54(51,52)45(17-21-5-4-8-25(15-21)53-36(42,43)44)19-28(48)46(24-13-14-26(35(49)50)27(47)16-24)18-20-9-11-23(12-10-20)22-6-2-1-3-7-22/h4-5,8-16,22,47H,1-3,6-7,17-19H2,(H,49,50). The van der Waals surface area contributed by atoms with Crippen molar-refractivity contribution in [1.82, 2.24) is 4.31 Å². The number of aromatic hydroxyl groups is 1. The van der Waals surface area contributed by atoms with E-state index >= 15 is 0 Å². The Labute approximate surface area is 303 Å². The molecule has 0 bridgehead atoms. The maximum atomic E-state index is 15.0. The predicted molar refractivity (Wildman–Crippen MR) is 175 cm³/mol. The van der Waals surface area contributed by atoms with Gasteiger partial charge in [-0.3, -0.25) is 4.79 Å². The van der Waals surface area contributed by atoms with Crippen molar-refractivity contribution < 1.29 is 68.1 Å². The number of hydrogen-bond acceptors (Lipinski definition) is 6. The predicted octanol–water partition coefficient (Wildman–Crippen LogP) is 8.16. The number of aromatic carboxylic acids is 1. The third-order valence-corrected chi connectivity index (χ3v) is 10.6. The largest absolute Gasteiger partial charge is 0.573 e. The number of halogens is 8. The summed E-state index contributed by atoms with van der Waals surface area (Å²) < 4.78 is 143. The minimum Gasteiger partial charge on any atom is -0.507 e. The van der Waals surface area contributed by atoms with Gasteiger partial charge in [0.15, 0.2) is 28.2 Å². The first-order chi connectivity index (χ1) is 25.4. The fourth-order valence-corrected chi connectivity index (χ4v) is 7.64. The number of alkyl halides is 3. The number of amides is 1. The molecule has 54 heavy (non-hydrogen) atoms. The Morgan fingerprint density at radius 3 is 1.96 bits per heavy atom. The Morgan fingerprint density at radius 1 is 0.778 bits per heavy atom. The van der Waals surface area contributed by atoms with Crippen molar-refractivity contribution in [1.29, 1.82) is 0 Å². The molecule has 5 rings (SSSR count). The topological polar surface area (TPSA) is 124 Å². The average Bonchev–Trinajstić information content (AvgIpc) is 3.11. The van der Waals surface area contributed by atoms with E-state index in [1.54, 1.807) is 12.1 Å². The van der Waals surface area contributed by atoms with Crippen LogP contribution < -0.4 is 9.64 Å². The molecule has 18 heteroatoms. The number of rotatable bonds is 12. The molecule has 0 radical (unpaired) electrons. The zero-order chi connectivity index (χ0) is 39.5. The Kier molecular flexibility index (Phi) is 11.9. The number of ether oxygens (including phenoxy) is 1. The quantitative estimate of drug-likeness (QED) is 0.0844. The van der Waals surface area contributed by atoms with Gasteiger partial charge in [-0.25, -0.2) is 35.2 Å². The highest BCUT2D eigenvalue weighted by molar-refractivity contribution is 7.89. The van der Waals surface area contributed by atoms with E-state index in [4.69, 9.17) is 0 Å². The number of sulfonamides is 1. The van der Waals surface area contributed by atoms with E-state index in [-0.39, 0.29) is 22.1 Å². The Balaban J connectivity index is 1.58. The number of carbonyl (C=O) groups excluding carboxylic acids is 1. The van der Waals surface area contributed by atoms with Crippen molar-refractivity contribution in [2.75, 3.05) is 11.4 Å². The number of anilines is 1. The molecule has 0 aliphatic heterocycles. The van der Waals surface area contributed by atoms with Gasteiger partial charge in [0.1, 0.15) is 17.1 Å². The van der Waals surface area contributed by atoms with Crippen molar-refractivity contribution in [2.45, 2.75) is 62.4 Å². The summed E-state index contributed by atoms with van der Waals surface area (Å²) in [5.74, 6) is -17.6. The highest BCUT2D eigenvalue weighted by Crippen LogP contribution is 2.34. The minimum atomic E-state index is -5.90. The smallest absolute Gasteiger partial charge is 0.507 e. The van der Waals surface area contributed by atoms with Gasteiger partial charge < -0.3 is 19.8 Å². The minimum absolute atomic E-state index is 0.00897. The number of carboxylic acid groups (broad SMARTS) is 1. The Hall–Kier alpha value is -5.23. The molecule has 1 aliphatic rings. The van der Waals surface area contributed by atoms with Crippen LogP contribution >= 0.6 is 0 Å². The normalized spacial score (nSPS) is 13.9. The van der Waals surface area contributed by atoms with Crippen molar-refractivity contribution in [3.05, 3.63) is 118 Å². The van der Waals surface area contributed by atoms with Crippen molar-refractivity contribution in [2.24, 2.45) is 0 Å². The first kappa shape index (κ1) is 40.0. The molecular formula is C36H30F8N2O7S. The van der Waals surface area contributed by atoms with Gasteiger partial charge in [-0.05, 0) is 59.7 Å². The fraction of sp³-hybridized carbons (Fsp3) is 0.278. The van der Waals surface area contributed by atoms with Crippen LogP contribution in [0.3, 0.4) is 0 Å². The van der Waals surface area contributed by atoms with Gasteiger partial charge >= 0.3 is 12.3 Å². The van der Waals surface area contributed by atoms with Crippen LogP contribution in [0, 0.1) is 29.1 Å². The number of hydrogen-bond donors (Lipinski definition) is 2. The van der Waals surface area contributed by atoms with Gasteiger partial charge in [0.2, 0.25) is 21.7 Å². The van der Waals surface area contributed by atoms with Crippen molar-refractivity contribution in [3.8, 4) is 11.5 Å². The number of benzene rings is 4. The number of nitrogens with zero attached hydrogens (tertiary/aromatic N) is 2. The van der Waals surface area contributed by atoms with E-state index in [2.05, 4.69) is 4.74 Å². The Bertz CT molecular complexity index is 2130. The molecular weight excluding hydrogens is 756 g/mol. The SMILES string of the molecule is O=C(O)c1ccc(N(Cc2ccc(C3CCCCC3)cc2)C(=O)CN(Cc2cccc(OC(F)(F)F)c2)S(=O)(=O)c2c(F)c(F)c(F)c(F)c2F)cc1O. The molecule has 1 amide bonds. The van der Waals surface area contributed by atoms with Crippen molar-refractivity contribution in [3.63, 3.8) is 0 Å². The summed E-state index contributed by atoms with van der Waals surface area (Å²) >= 11 is 0. The summed E-state index contributed by atoms with van der Waals surface area (Å²) in [5.41, 5.74) is 0.324. The molecule has 2 N–H and O–H groups in total. The summed E-state index contributed by atoms with van der Waals surface area (Å²) in [7, 11) is -5.90. The highest BCUT2D eigenvalue weighted by Gasteiger charge is 2.39. The van der Waals surface area contributed by atoms with Gasteiger partial charge in [0, 0.05) is 18.3 Å². The number of carbonyl (C=O) groups is 2. The van der Waals surface area contributed by atoms with Crippen LogP contribution in [0.1, 0.15) is 65.1 Å². The van der Waals surface area contributed by atoms with Gasteiger partial charge in [0.05, 0.1) is 13.1 Å². The maximum Gasteiger partial charge on any atom is 0.573 e. The van der Waals surface area contributed by atoms with Crippen molar-refractivity contribution >= 4 is 27.6 Å². The van der Waals surface area contributed by atoms with Crippen LogP contribution in [-0.4, -0.2) is 47.7 Å². The molecule has 4 aromatic carbocycles. The van der Waals surface area contributed by atoms with E-state index in [1.807, 2.05) is 12.1 Å². The second-order valence-electron chi connectivity index (χ2n) is 12.4. The molecule has 1 aliphatic carbocycles. The van der Waals surface area contributed by atoms with Gasteiger partial charge in [-0.2, -0.15) is 4.31 Å².